The summed E-state index contributed by atoms with van der Waals surface area (Å²) in [4.78, 5) is 23.7. The first-order valence-electron chi connectivity index (χ1n) is 6.90. The molecular weight excluding hydrogens is 270 g/mol. The lowest BCUT2D eigenvalue weighted by Gasteiger charge is -2.38. The summed E-state index contributed by atoms with van der Waals surface area (Å²) in [5.41, 5.74) is 0.156. The van der Waals surface area contributed by atoms with Crippen LogP contribution < -0.4 is 5.32 Å². The maximum absolute atomic E-state index is 11.9. The van der Waals surface area contributed by atoms with Crippen molar-refractivity contribution in [3.8, 4) is 0 Å². The Hall–Kier alpha value is -2.30. The highest BCUT2D eigenvalue weighted by Gasteiger charge is 2.46. The summed E-state index contributed by atoms with van der Waals surface area (Å²) in [5.74, 6) is -0.808. The van der Waals surface area contributed by atoms with E-state index in [9.17, 15) is 14.7 Å². The summed E-state index contributed by atoms with van der Waals surface area (Å²) in [6.07, 6.45) is 1.71. The molecule has 0 saturated carbocycles. The first kappa shape index (κ1) is 15.1. The van der Waals surface area contributed by atoms with Crippen molar-refractivity contribution in [2.24, 2.45) is 0 Å². The van der Waals surface area contributed by atoms with Crippen LogP contribution in [-0.4, -0.2) is 23.8 Å². The number of carbonyl (C=O) groups is 2. The van der Waals surface area contributed by atoms with E-state index in [4.69, 9.17) is 4.74 Å². The molecule has 2 N–H and O–H groups in total. The van der Waals surface area contributed by atoms with E-state index in [1.807, 2.05) is 12.1 Å². The fraction of sp³-hybridized carbons (Fsp3) is 0.375. The molecule has 1 aromatic rings. The van der Waals surface area contributed by atoms with Gasteiger partial charge < -0.3 is 15.2 Å². The van der Waals surface area contributed by atoms with Gasteiger partial charge in [0.25, 0.3) is 0 Å². The van der Waals surface area contributed by atoms with Crippen LogP contribution in [0.2, 0.25) is 0 Å². The van der Waals surface area contributed by atoms with E-state index in [0.29, 0.717) is 18.4 Å². The predicted octanol–water partition coefficient (Wildman–Crippen LogP) is 2.78. The first-order chi connectivity index (χ1) is 10.0. The van der Waals surface area contributed by atoms with E-state index >= 15 is 0 Å². The number of hydrogen-bond donors (Lipinski definition) is 2. The first-order valence-corrected chi connectivity index (χ1v) is 6.90. The van der Waals surface area contributed by atoms with Crippen molar-refractivity contribution < 1.29 is 19.4 Å². The third kappa shape index (κ3) is 2.77. The quantitative estimate of drug-likeness (QED) is 0.836. The second kappa shape index (κ2) is 5.99. The normalized spacial score (nSPS) is 23.8. The predicted molar refractivity (Wildman–Crippen MR) is 78.1 cm³/mol. The van der Waals surface area contributed by atoms with Gasteiger partial charge in [-0.2, -0.15) is 0 Å². The topological polar surface area (TPSA) is 75.6 Å². The number of carbonyl (C=O) groups excluding carboxylic acids is 1. The largest absolute Gasteiger partial charge is 0.479 e. The van der Waals surface area contributed by atoms with Crippen LogP contribution in [0.4, 0.5) is 4.79 Å². The molecule has 1 amide bonds. The molecule has 0 aliphatic heterocycles. The van der Waals surface area contributed by atoms with Gasteiger partial charge in [-0.15, -0.1) is 0 Å². The molecule has 0 radical (unpaired) electrons. The molecule has 0 heterocycles. The van der Waals surface area contributed by atoms with Crippen molar-refractivity contribution in [3.05, 3.63) is 48.0 Å². The molecule has 5 nitrogen and oxygen atoms in total. The monoisotopic (exact) mass is 289 g/mol. The molecule has 2 unspecified atom stereocenters. The van der Waals surface area contributed by atoms with Gasteiger partial charge in [-0.3, -0.25) is 0 Å². The van der Waals surface area contributed by atoms with Crippen molar-refractivity contribution in [1.82, 2.24) is 5.32 Å². The van der Waals surface area contributed by atoms with Gasteiger partial charge in [0.1, 0.15) is 6.61 Å². The Labute approximate surface area is 123 Å². The molecule has 2 rings (SSSR count). The van der Waals surface area contributed by atoms with Crippen LogP contribution in [0.5, 0.6) is 0 Å². The minimum absolute atomic E-state index is 0.0413. The third-order valence-corrected chi connectivity index (χ3v) is 3.92. The lowest BCUT2D eigenvalue weighted by Crippen LogP contribution is -2.54. The van der Waals surface area contributed by atoms with Crippen LogP contribution >= 0.6 is 0 Å². The third-order valence-electron chi connectivity index (χ3n) is 3.92. The van der Waals surface area contributed by atoms with Crippen molar-refractivity contribution in [2.75, 3.05) is 6.61 Å². The molecule has 5 heteroatoms. The fourth-order valence-electron chi connectivity index (χ4n) is 2.79. The summed E-state index contributed by atoms with van der Waals surface area (Å²) < 4.78 is 4.88. The molecule has 1 aliphatic carbocycles. The Balaban J connectivity index is 2.39. The number of benzene rings is 1. The van der Waals surface area contributed by atoms with E-state index in [1.165, 1.54) is 6.08 Å². The SMILES string of the molecule is C=CCOC(=O)NC1(C(=O)O)CCC(C)c2ccccc21. The number of carboxylic acids is 1. The maximum Gasteiger partial charge on any atom is 0.408 e. The number of aliphatic carboxylic acids is 1. The van der Waals surface area contributed by atoms with Crippen LogP contribution in [0.25, 0.3) is 0 Å². The number of nitrogens with one attached hydrogen (secondary N) is 1. The number of alkyl carbamates (subject to hydrolysis) is 1. The van der Waals surface area contributed by atoms with E-state index < -0.39 is 17.6 Å². The van der Waals surface area contributed by atoms with E-state index in [-0.39, 0.29) is 12.5 Å². The molecule has 0 spiro atoms. The van der Waals surface area contributed by atoms with Crippen LogP contribution in [-0.2, 0) is 15.1 Å². The van der Waals surface area contributed by atoms with Gasteiger partial charge >= 0.3 is 12.1 Å². The highest BCUT2D eigenvalue weighted by atomic mass is 16.5. The van der Waals surface area contributed by atoms with Gasteiger partial charge in [0.2, 0.25) is 0 Å². The van der Waals surface area contributed by atoms with Crippen molar-refractivity contribution in [2.45, 2.75) is 31.2 Å². The standard InChI is InChI=1S/C16H19NO4/c1-3-10-21-15(20)17-16(14(18)19)9-8-11(2)12-6-4-5-7-13(12)16/h3-7,11H,1,8-10H2,2H3,(H,17,20)(H,18,19). The molecule has 2 atom stereocenters. The molecule has 0 fully saturated rings. The van der Waals surface area contributed by atoms with Crippen LogP contribution in [0, 0.1) is 0 Å². The zero-order valence-electron chi connectivity index (χ0n) is 12.0. The average Bonchev–Trinajstić information content (AvgIpc) is 2.48. The van der Waals surface area contributed by atoms with Crippen LogP contribution in [0.15, 0.2) is 36.9 Å². The molecule has 1 aromatic carbocycles. The molecule has 112 valence electrons. The minimum atomic E-state index is -1.43. The number of ether oxygens (including phenoxy) is 1. The number of fused-ring (bicyclic) bond motifs is 1. The highest BCUT2D eigenvalue weighted by molar-refractivity contribution is 5.86. The molecule has 1 aliphatic rings. The zero-order chi connectivity index (χ0) is 15.5. The lowest BCUT2D eigenvalue weighted by atomic mass is 9.72. The van der Waals surface area contributed by atoms with Gasteiger partial charge in [-0.1, -0.05) is 43.8 Å². The molecular formula is C16H19NO4. The summed E-state index contributed by atoms with van der Waals surface area (Å²) in [6.45, 7) is 5.55. The Morgan fingerprint density at radius 3 is 2.90 bits per heavy atom. The number of carboxylic acid groups (broad SMARTS) is 1. The molecule has 0 bridgehead atoms. The Bertz CT molecular complexity index is 569. The summed E-state index contributed by atoms with van der Waals surface area (Å²) >= 11 is 0. The Morgan fingerprint density at radius 2 is 2.24 bits per heavy atom. The molecule has 0 aromatic heterocycles. The number of hydrogen-bond acceptors (Lipinski definition) is 3. The maximum atomic E-state index is 11.9. The summed E-state index contributed by atoms with van der Waals surface area (Å²) in [7, 11) is 0. The van der Waals surface area contributed by atoms with Crippen LogP contribution in [0.1, 0.15) is 36.8 Å². The Morgan fingerprint density at radius 1 is 1.52 bits per heavy atom. The van der Waals surface area contributed by atoms with Crippen molar-refractivity contribution >= 4 is 12.1 Å². The van der Waals surface area contributed by atoms with Gasteiger partial charge in [0.05, 0.1) is 0 Å². The number of rotatable bonds is 4. The number of amides is 1. The molecule has 0 saturated heterocycles. The second-order valence-electron chi connectivity index (χ2n) is 5.25. The molecule has 21 heavy (non-hydrogen) atoms. The van der Waals surface area contributed by atoms with Gasteiger partial charge in [-0.05, 0) is 29.9 Å². The lowest BCUT2D eigenvalue weighted by molar-refractivity contribution is -0.146. The van der Waals surface area contributed by atoms with Crippen LogP contribution in [0.3, 0.4) is 0 Å². The Kier molecular flexibility index (Phi) is 4.31. The highest BCUT2D eigenvalue weighted by Crippen LogP contribution is 2.41. The van der Waals surface area contributed by atoms with Gasteiger partial charge in [0.15, 0.2) is 5.54 Å². The van der Waals surface area contributed by atoms with Gasteiger partial charge in [-0.25, -0.2) is 9.59 Å². The average molecular weight is 289 g/mol. The second-order valence-corrected chi connectivity index (χ2v) is 5.25. The van der Waals surface area contributed by atoms with E-state index in [0.717, 1.165) is 5.56 Å². The smallest absolute Gasteiger partial charge is 0.408 e. The van der Waals surface area contributed by atoms with E-state index in [1.54, 1.807) is 12.1 Å². The fourth-order valence-corrected chi connectivity index (χ4v) is 2.79. The van der Waals surface area contributed by atoms with Crippen molar-refractivity contribution in [1.29, 1.82) is 0 Å². The minimum Gasteiger partial charge on any atom is -0.479 e. The van der Waals surface area contributed by atoms with Gasteiger partial charge in [0, 0.05) is 0 Å². The van der Waals surface area contributed by atoms with Crippen molar-refractivity contribution in [3.63, 3.8) is 0 Å². The summed E-state index contributed by atoms with van der Waals surface area (Å²) in [5, 5.41) is 12.2. The van der Waals surface area contributed by atoms with E-state index in [2.05, 4.69) is 18.8 Å². The zero-order valence-corrected chi connectivity index (χ0v) is 12.0. The summed E-state index contributed by atoms with van der Waals surface area (Å²) in [6, 6.07) is 7.33.